The maximum atomic E-state index is 12.7. The highest BCUT2D eigenvalue weighted by Gasteiger charge is 2.28. The van der Waals surface area contributed by atoms with Gasteiger partial charge in [0.1, 0.15) is 11.5 Å². The van der Waals surface area contributed by atoms with E-state index in [1.165, 1.54) is 0 Å². The van der Waals surface area contributed by atoms with E-state index in [1.807, 2.05) is 42.6 Å². The summed E-state index contributed by atoms with van der Waals surface area (Å²) in [6.45, 7) is 0. The van der Waals surface area contributed by atoms with Crippen LogP contribution in [-0.4, -0.2) is 30.1 Å². The zero-order valence-electron chi connectivity index (χ0n) is 13.9. The molecule has 7 nitrogen and oxygen atoms in total. The summed E-state index contributed by atoms with van der Waals surface area (Å²) in [5.41, 5.74) is 2.24. The van der Waals surface area contributed by atoms with Crippen LogP contribution in [0.5, 0.6) is 0 Å². The number of aromatic nitrogens is 5. The SMILES string of the molecule is O=C(Nc1cc(C2CC2)nn1-c1ccccc1)c1cn2cccnc2n1. The molecule has 3 aromatic heterocycles. The number of nitrogens with zero attached hydrogens (tertiary/aromatic N) is 5. The Morgan fingerprint density at radius 1 is 1.15 bits per heavy atom. The number of amides is 1. The molecule has 0 spiro atoms. The Morgan fingerprint density at radius 3 is 2.77 bits per heavy atom. The lowest BCUT2D eigenvalue weighted by molar-refractivity contribution is 0.102. The van der Waals surface area contributed by atoms with Crippen molar-refractivity contribution in [1.82, 2.24) is 24.1 Å². The molecular weight excluding hydrogens is 328 g/mol. The second-order valence-corrected chi connectivity index (χ2v) is 6.38. The molecule has 0 saturated heterocycles. The van der Waals surface area contributed by atoms with Gasteiger partial charge in [0.2, 0.25) is 5.78 Å². The Balaban J connectivity index is 1.50. The predicted molar refractivity (Wildman–Crippen MR) is 96.5 cm³/mol. The van der Waals surface area contributed by atoms with E-state index in [0.717, 1.165) is 24.2 Å². The minimum Gasteiger partial charge on any atom is -0.305 e. The number of nitrogens with one attached hydrogen (secondary N) is 1. The number of hydrogen-bond acceptors (Lipinski definition) is 4. The van der Waals surface area contributed by atoms with Crippen molar-refractivity contribution in [2.45, 2.75) is 18.8 Å². The summed E-state index contributed by atoms with van der Waals surface area (Å²) in [6.07, 6.45) is 7.43. The standard InChI is InChI=1S/C19H16N6O/c26-18(16-12-24-10-4-9-20-19(24)21-16)22-17-11-15(13-7-8-13)23-25(17)14-5-2-1-3-6-14/h1-6,9-13H,7-8H2,(H,22,26). The van der Waals surface area contributed by atoms with Gasteiger partial charge in [-0.1, -0.05) is 18.2 Å². The van der Waals surface area contributed by atoms with Gasteiger partial charge in [0.25, 0.3) is 5.91 Å². The van der Waals surface area contributed by atoms with Gasteiger partial charge in [-0.05, 0) is 31.0 Å². The van der Waals surface area contributed by atoms with Crippen molar-refractivity contribution in [3.63, 3.8) is 0 Å². The van der Waals surface area contributed by atoms with Crippen LogP contribution in [0.2, 0.25) is 0 Å². The molecule has 128 valence electrons. The van der Waals surface area contributed by atoms with Crippen LogP contribution in [0.15, 0.2) is 61.1 Å². The minimum absolute atomic E-state index is 0.282. The average molecular weight is 344 g/mol. The molecule has 1 saturated carbocycles. The van der Waals surface area contributed by atoms with Crippen molar-refractivity contribution in [2.75, 3.05) is 5.32 Å². The molecule has 7 heteroatoms. The lowest BCUT2D eigenvalue weighted by Gasteiger charge is -2.07. The third-order valence-electron chi connectivity index (χ3n) is 4.43. The Hall–Kier alpha value is -3.48. The van der Waals surface area contributed by atoms with Crippen LogP contribution in [0, 0.1) is 0 Å². The summed E-state index contributed by atoms with van der Waals surface area (Å²) in [7, 11) is 0. The molecule has 0 unspecified atom stereocenters. The van der Waals surface area contributed by atoms with Crippen LogP contribution in [0.1, 0.15) is 34.9 Å². The van der Waals surface area contributed by atoms with Crippen molar-refractivity contribution in [1.29, 1.82) is 0 Å². The van der Waals surface area contributed by atoms with Gasteiger partial charge in [0.15, 0.2) is 0 Å². The summed E-state index contributed by atoms with van der Waals surface area (Å²) in [6, 6.07) is 13.5. The van der Waals surface area contributed by atoms with E-state index < -0.39 is 0 Å². The first-order chi connectivity index (χ1) is 12.8. The first kappa shape index (κ1) is 14.8. The summed E-state index contributed by atoms with van der Waals surface area (Å²) >= 11 is 0. The molecule has 0 atom stereocenters. The number of carbonyl (C=O) groups excluding carboxylic acids is 1. The lowest BCUT2D eigenvalue weighted by Crippen LogP contribution is -2.15. The number of carbonyl (C=O) groups is 1. The first-order valence-corrected chi connectivity index (χ1v) is 8.54. The van der Waals surface area contributed by atoms with E-state index in [0.29, 0.717) is 23.2 Å². The molecule has 1 N–H and O–H groups in total. The molecule has 5 rings (SSSR count). The molecule has 26 heavy (non-hydrogen) atoms. The van der Waals surface area contributed by atoms with E-state index >= 15 is 0 Å². The number of fused-ring (bicyclic) bond motifs is 1. The van der Waals surface area contributed by atoms with Gasteiger partial charge in [-0.25, -0.2) is 14.6 Å². The van der Waals surface area contributed by atoms with E-state index in [9.17, 15) is 4.79 Å². The second kappa shape index (κ2) is 5.80. The van der Waals surface area contributed by atoms with Crippen molar-refractivity contribution < 1.29 is 4.79 Å². The quantitative estimate of drug-likeness (QED) is 0.617. The molecular formula is C19H16N6O. The highest BCUT2D eigenvalue weighted by molar-refractivity contribution is 6.02. The number of rotatable bonds is 4. The Morgan fingerprint density at radius 2 is 2.00 bits per heavy atom. The fraction of sp³-hybridized carbons (Fsp3) is 0.158. The van der Waals surface area contributed by atoms with Gasteiger partial charge in [0.05, 0.1) is 11.4 Å². The molecule has 1 fully saturated rings. The zero-order chi connectivity index (χ0) is 17.5. The smallest absolute Gasteiger partial charge is 0.277 e. The summed E-state index contributed by atoms with van der Waals surface area (Å²) in [5.74, 6) is 1.35. The van der Waals surface area contributed by atoms with Crippen LogP contribution in [0.4, 0.5) is 5.82 Å². The minimum atomic E-state index is -0.282. The largest absolute Gasteiger partial charge is 0.305 e. The molecule has 1 amide bonds. The van der Waals surface area contributed by atoms with Crippen LogP contribution in [0.3, 0.4) is 0 Å². The van der Waals surface area contributed by atoms with Crippen molar-refractivity contribution in [3.8, 4) is 5.69 Å². The fourth-order valence-corrected chi connectivity index (χ4v) is 2.95. The van der Waals surface area contributed by atoms with Crippen molar-refractivity contribution in [3.05, 3.63) is 72.4 Å². The maximum Gasteiger partial charge on any atom is 0.277 e. The topological polar surface area (TPSA) is 77.1 Å². The maximum absolute atomic E-state index is 12.7. The number of imidazole rings is 1. The Labute approximate surface area is 149 Å². The van der Waals surface area contributed by atoms with Crippen molar-refractivity contribution in [2.24, 2.45) is 0 Å². The van der Waals surface area contributed by atoms with E-state index in [-0.39, 0.29) is 5.91 Å². The van der Waals surface area contributed by atoms with Gasteiger partial charge in [-0.15, -0.1) is 0 Å². The van der Waals surface area contributed by atoms with E-state index in [4.69, 9.17) is 5.10 Å². The van der Waals surface area contributed by atoms with E-state index in [1.54, 1.807) is 27.5 Å². The molecule has 0 radical (unpaired) electrons. The number of para-hydroxylation sites is 1. The van der Waals surface area contributed by atoms with Crippen LogP contribution in [0.25, 0.3) is 11.5 Å². The third kappa shape index (κ3) is 2.63. The molecule has 1 aromatic carbocycles. The summed E-state index contributed by atoms with van der Waals surface area (Å²) < 4.78 is 3.50. The lowest BCUT2D eigenvalue weighted by atomic mass is 10.3. The monoisotopic (exact) mass is 344 g/mol. The highest BCUT2D eigenvalue weighted by atomic mass is 16.2. The van der Waals surface area contributed by atoms with Crippen LogP contribution in [-0.2, 0) is 0 Å². The number of hydrogen-bond donors (Lipinski definition) is 1. The third-order valence-corrected chi connectivity index (χ3v) is 4.43. The fourth-order valence-electron chi connectivity index (χ4n) is 2.95. The normalized spacial score (nSPS) is 13.8. The number of benzene rings is 1. The Bertz CT molecular complexity index is 1060. The predicted octanol–water partition coefficient (Wildman–Crippen LogP) is 3.04. The second-order valence-electron chi connectivity index (χ2n) is 6.38. The number of anilines is 1. The summed E-state index contributed by atoms with van der Waals surface area (Å²) in [4.78, 5) is 21.1. The average Bonchev–Trinajstić information content (AvgIpc) is 3.29. The van der Waals surface area contributed by atoms with Gasteiger partial charge >= 0.3 is 0 Å². The first-order valence-electron chi connectivity index (χ1n) is 8.54. The van der Waals surface area contributed by atoms with Crippen LogP contribution < -0.4 is 5.32 Å². The van der Waals surface area contributed by atoms with Gasteiger partial charge < -0.3 is 5.32 Å². The van der Waals surface area contributed by atoms with Gasteiger partial charge in [-0.2, -0.15) is 5.10 Å². The molecule has 1 aliphatic rings. The molecule has 0 aliphatic heterocycles. The van der Waals surface area contributed by atoms with E-state index in [2.05, 4.69) is 15.3 Å². The van der Waals surface area contributed by atoms with Gasteiger partial charge in [0, 0.05) is 30.6 Å². The van der Waals surface area contributed by atoms with Crippen molar-refractivity contribution >= 4 is 17.5 Å². The van der Waals surface area contributed by atoms with Gasteiger partial charge in [-0.3, -0.25) is 9.20 Å². The van der Waals surface area contributed by atoms with Crippen LogP contribution >= 0.6 is 0 Å². The zero-order valence-corrected chi connectivity index (χ0v) is 13.9. The molecule has 0 bridgehead atoms. The Kier molecular flexibility index (Phi) is 3.31. The highest BCUT2D eigenvalue weighted by Crippen LogP contribution is 2.40. The molecule has 1 aliphatic carbocycles. The molecule has 4 aromatic rings. The molecule has 3 heterocycles. The summed E-state index contributed by atoms with van der Waals surface area (Å²) in [5, 5.41) is 7.64.